The standard InChI is InChI=1S/C28H43BrN2/c1-4-7-10-16-24(29)17-11-12-19-26-25(18-9-6-3)23(15-8-5-2)22-31-28(26)27-20-13-14-21-30-27/h13-14,20-22,24H,4-12,15-19H2,1-3H3. The Kier molecular flexibility index (Phi) is 13.1. The molecule has 0 aromatic carbocycles. The van der Waals surface area contributed by atoms with Crippen LogP contribution in [0.1, 0.15) is 108 Å². The third-order valence-corrected chi connectivity index (χ3v) is 7.11. The van der Waals surface area contributed by atoms with Crippen LogP contribution in [-0.2, 0) is 19.3 Å². The van der Waals surface area contributed by atoms with Crippen molar-refractivity contribution in [1.29, 1.82) is 0 Å². The molecule has 0 aliphatic carbocycles. The van der Waals surface area contributed by atoms with E-state index >= 15 is 0 Å². The molecule has 1 unspecified atom stereocenters. The number of hydrogen-bond donors (Lipinski definition) is 0. The van der Waals surface area contributed by atoms with Crippen molar-refractivity contribution < 1.29 is 0 Å². The molecule has 0 amide bonds. The van der Waals surface area contributed by atoms with E-state index < -0.39 is 0 Å². The van der Waals surface area contributed by atoms with Gasteiger partial charge in [0, 0.05) is 17.2 Å². The molecule has 2 aromatic heterocycles. The van der Waals surface area contributed by atoms with Crippen LogP contribution in [0.3, 0.4) is 0 Å². The first kappa shape index (κ1) is 26.0. The Morgan fingerprint density at radius 2 is 1.42 bits per heavy atom. The number of nitrogens with zero attached hydrogens (tertiary/aromatic N) is 2. The van der Waals surface area contributed by atoms with Crippen molar-refractivity contribution in [1.82, 2.24) is 9.97 Å². The maximum Gasteiger partial charge on any atom is 0.0920 e. The fourth-order valence-corrected chi connectivity index (χ4v) is 4.95. The zero-order chi connectivity index (χ0) is 22.3. The topological polar surface area (TPSA) is 25.8 Å². The van der Waals surface area contributed by atoms with Gasteiger partial charge in [-0.3, -0.25) is 9.97 Å². The Bertz CT molecular complexity index is 729. The molecular formula is C28H43BrN2. The highest BCUT2D eigenvalue weighted by atomic mass is 79.9. The number of alkyl halides is 1. The molecule has 0 N–H and O–H groups in total. The summed E-state index contributed by atoms with van der Waals surface area (Å²) in [4.78, 5) is 10.3. The Morgan fingerprint density at radius 1 is 0.742 bits per heavy atom. The van der Waals surface area contributed by atoms with Crippen molar-refractivity contribution in [2.45, 2.75) is 115 Å². The van der Waals surface area contributed by atoms with E-state index in [0.29, 0.717) is 4.83 Å². The molecule has 0 saturated carbocycles. The molecule has 0 aliphatic heterocycles. The van der Waals surface area contributed by atoms with E-state index in [4.69, 9.17) is 4.98 Å². The zero-order valence-corrected chi connectivity index (χ0v) is 21.7. The molecule has 1 atom stereocenters. The Hall–Kier alpha value is -1.22. The van der Waals surface area contributed by atoms with Gasteiger partial charge < -0.3 is 0 Å². The van der Waals surface area contributed by atoms with Crippen LogP contribution < -0.4 is 0 Å². The highest BCUT2D eigenvalue weighted by Crippen LogP contribution is 2.29. The first-order valence-electron chi connectivity index (χ1n) is 12.8. The van der Waals surface area contributed by atoms with E-state index in [-0.39, 0.29) is 0 Å². The molecule has 2 nitrogen and oxygen atoms in total. The molecule has 0 bridgehead atoms. The summed E-state index contributed by atoms with van der Waals surface area (Å²) in [5.74, 6) is 0. The number of unbranched alkanes of at least 4 members (excludes halogenated alkanes) is 5. The Balaban J connectivity index is 2.19. The van der Waals surface area contributed by atoms with Crippen LogP contribution in [0.4, 0.5) is 0 Å². The quantitative estimate of drug-likeness (QED) is 0.175. The number of rotatable bonds is 16. The molecule has 172 valence electrons. The van der Waals surface area contributed by atoms with E-state index in [1.807, 2.05) is 12.3 Å². The molecule has 3 heteroatoms. The predicted octanol–water partition coefficient (Wildman–Crippen LogP) is 8.89. The van der Waals surface area contributed by atoms with Gasteiger partial charge in [0.25, 0.3) is 0 Å². The second-order valence-corrected chi connectivity index (χ2v) is 10.1. The summed E-state index contributed by atoms with van der Waals surface area (Å²) in [5.41, 5.74) is 6.66. The van der Waals surface area contributed by atoms with Crippen LogP contribution in [0, 0.1) is 0 Å². The summed E-state index contributed by atoms with van der Waals surface area (Å²) in [6.07, 6.45) is 21.5. The van der Waals surface area contributed by atoms with Gasteiger partial charge in [0.15, 0.2) is 0 Å². The van der Waals surface area contributed by atoms with Crippen molar-refractivity contribution in [2.75, 3.05) is 0 Å². The lowest BCUT2D eigenvalue weighted by Crippen LogP contribution is -2.07. The van der Waals surface area contributed by atoms with Crippen LogP contribution in [0.15, 0.2) is 30.6 Å². The minimum Gasteiger partial charge on any atom is -0.255 e. The zero-order valence-electron chi connectivity index (χ0n) is 20.1. The first-order chi connectivity index (χ1) is 15.2. The largest absolute Gasteiger partial charge is 0.255 e. The number of aryl methyl sites for hydroxylation is 1. The predicted molar refractivity (Wildman–Crippen MR) is 139 cm³/mol. The van der Waals surface area contributed by atoms with Gasteiger partial charge in [-0.05, 0) is 80.2 Å². The summed E-state index contributed by atoms with van der Waals surface area (Å²) in [7, 11) is 0. The first-order valence-corrected chi connectivity index (χ1v) is 13.7. The van der Waals surface area contributed by atoms with Crippen LogP contribution in [0.25, 0.3) is 11.4 Å². The van der Waals surface area contributed by atoms with Crippen LogP contribution in [-0.4, -0.2) is 14.8 Å². The van der Waals surface area contributed by atoms with Crippen LogP contribution in [0.2, 0.25) is 0 Å². The van der Waals surface area contributed by atoms with E-state index in [2.05, 4.69) is 60.0 Å². The molecule has 2 heterocycles. The Labute approximate surface area is 199 Å². The third-order valence-electron chi connectivity index (χ3n) is 6.19. The summed E-state index contributed by atoms with van der Waals surface area (Å²) in [6, 6.07) is 6.19. The average molecular weight is 488 g/mol. The number of hydrogen-bond acceptors (Lipinski definition) is 2. The summed E-state index contributed by atoms with van der Waals surface area (Å²) in [5, 5.41) is 0. The van der Waals surface area contributed by atoms with Gasteiger partial charge in [0.05, 0.1) is 11.4 Å². The minimum absolute atomic E-state index is 0.669. The van der Waals surface area contributed by atoms with Gasteiger partial charge in [-0.1, -0.05) is 81.3 Å². The molecule has 0 fully saturated rings. The van der Waals surface area contributed by atoms with Gasteiger partial charge in [0.2, 0.25) is 0 Å². The number of aromatic nitrogens is 2. The molecular weight excluding hydrogens is 444 g/mol. The van der Waals surface area contributed by atoms with Crippen molar-refractivity contribution in [3.63, 3.8) is 0 Å². The molecule has 0 saturated heterocycles. The summed E-state index contributed by atoms with van der Waals surface area (Å²) < 4.78 is 0. The molecule has 0 aliphatic rings. The molecule has 0 radical (unpaired) electrons. The van der Waals surface area contributed by atoms with Gasteiger partial charge in [0.1, 0.15) is 0 Å². The lowest BCUT2D eigenvalue weighted by molar-refractivity contribution is 0.591. The maximum atomic E-state index is 4.96. The van der Waals surface area contributed by atoms with E-state index in [0.717, 1.165) is 24.2 Å². The van der Waals surface area contributed by atoms with Crippen molar-refractivity contribution >= 4 is 15.9 Å². The smallest absolute Gasteiger partial charge is 0.0920 e. The third kappa shape index (κ3) is 9.04. The van der Waals surface area contributed by atoms with Crippen LogP contribution in [0.5, 0.6) is 0 Å². The van der Waals surface area contributed by atoms with Gasteiger partial charge in [-0.15, -0.1) is 0 Å². The summed E-state index contributed by atoms with van der Waals surface area (Å²) >= 11 is 3.91. The maximum absolute atomic E-state index is 4.96. The van der Waals surface area contributed by atoms with E-state index in [9.17, 15) is 0 Å². The number of pyridine rings is 2. The van der Waals surface area contributed by atoms with Gasteiger partial charge in [-0.2, -0.15) is 0 Å². The second kappa shape index (κ2) is 15.6. The normalized spacial score (nSPS) is 12.3. The molecule has 0 spiro atoms. The lowest BCUT2D eigenvalue weighted by Gasteiger charge is -2.19. The van der Waals surface area contributed by atoms with Crippen molar-refractivity contribution in [2.24, 2.45) is 0 Å². The minimum atomic E-state index is 0.669. The highest BCUT2D eigenvalue weighted by Gasteiger charge is 2.16. The summed E-state index contributed by atoms with van der Waals surface area (Å²) in [6.45, 7) is 6.85. The van der Waals surface area contributed by atoms with E-state index in [1.165, 1.54) is 88.2 Å². The fraction of sp³-hybridized carbons (Fsp3) is 0.643. The number of halogens is 1. The Morgan fingerprint density at radius 3 is 2.10 bits per heavy atom. The lowest BCUT2D eigenvalue weighted by atomic mass is 9.90. The monoisotopic (exact) mass is 486 g/mol. The highest BCUT2D eigenvalue weighted by molar-refractivity contribution is 9.09. The van der Waals surface area contributed by atoms with Gasteiger partial charge >= 0.3 is 0 Å². The fourth-order valence-electron chi connectivity index (χ4n) is 4.30. The van der Waals surface area contributed by atoms with Gasteiger partial charge in [-0.25, -0.2) is 0 Å². The molecule has 2 aromatic rings. The van der Waals surface area contributed by atoms with Crippen LogP contribution >= 0.6 is 15.9 Å². The van der Waals surface area contributed by atoms with E-state index in [1.54, 1.807) is 5.56 Å². The molecule has 31 heavy (non-hydrogen) atoms. The van der Waals surface area contributed by atoms with Crippen molar-refractivity contribution in [3.05, 3.63) is 47.3 Å². The average Bonchev–Trinajstić information content (AvgIpc) is 2.80. The SMILES string of the molecule is CCCCCC(Br)CCCCc1c(-c2ccccn2)ncc(CCCC)c1CCCC. The molecule has 2 rings (SSSR count). The second-order valence-electron chi connectivity index (χ2n) is 8.85. The van der Waals surface area contributed by atoms with Crippen molar-refractivity contribution in [3.8, 4) is 11.4 Å².